The number of nitrogens with zero attached hydrogens (tertiary/aromatic N) is 2. The monoisotopic (exact) mass is 294 g/mol. The number of carbonyl (C=O) groups is 2. The number of hydrogen-bond donors (Lipinski definition) is 0. The van der Waals surface area contributed by atoms with Crippen LogP contribution in [-0.4, -0.2) is 49.4 Å². The lowest BCUT2D eigenvalue weighted by molar-refractivity contribution is -0.146. The zero-order chi connectivity index (χ0) is 16.3. The number of esters is 2. The van der Waals surface area contributed by atoms with E-state index in [1.807, 2.05) is 0 Å². The average Bonchev–Trinajstić information content (AvgIpc) is 2.47. The second-order valence-corrected chi connectivity index (χ2v) is 3.78. The summed E-state index contributed by atoms with van der Waals surface area (Å²) < 4.78 is 9.72. The highest BCUT2D eigenvalue weighted by Gasteiger charge is 2.26. The van der Waals surface area contributed by atoms with Crippen LogP contribution in [0.2, 0.25) is 0 Å². The van der Waals surface area contributed by atoms with E-state index in [2.05, 4.69) is 23.1 Å². The summed E-state index contributed by atoms with van der Waals surface area (Å²) in [6.07, 6.45) is 2.33. The summed E-state index contributed by atoms with van der Waals surface area (Å²) in [6.45, 7) is 7.36. The highest BCUT2D eigenvalue weighted by Crippen LogP contribution is 2.08. The summed E-state index contributed by atoms with van der Waals surface area (Å²) in [4.78, 5) is 49.7. The molecular weight excluding hydrogens is 280 g/mol. The van der Waals surface area contributed by atoms with Crippen molar-refractivity contribution in [3.63, 3.8) is 0 Å². The number of isocyanates is 2. The molecule has 0 saturated heterocycles. The van der Waals surface area contributed by atoms with E-state index in [-0.39, 0.29) is 18.7 Å². The zero-order valence-corrected chi connectivity index (χ0v) is 11.4. The van der Waals surface area contributed by atoms with Gasteiger partial charge in [-0.1, -0.05) is 13.2 Å². The van der Waals surface area contributed by atoms with Gasteiger partial charge in [0.05, 0.1) is 6.54 Å². The summed E-state index contributed by atoms with van der Waals surface area (Å²) in [6, 6.07) is -1.06. The normalized spacial score (nSPS) is 11.9. The number of hydrogen-bond acceptors (Lipinski definition) is 8. The van der Waals surface area contributed by atoms with Crippen molar-refractivity contribution in [2.24, 2.45) is 9.98 Å². The lowest BCUT2D eigenvalue weighted by atomic mass is 10.2. The van der Waals surface area contributed by atoms with E-state index in [1.54, 1.807) is 0 Å². The van der Waals surface area contributed by atoms with Crippen LogP contribution in [0.15, 0.2) is 34.8 Å². The van der Waals surface area contributed by atoms with Gasteiger partial charge in [0.2, 0.25) is 12.2 Å². The van der Waals surface area contributed by atoms with E-state index in [4.69, 9.17) is 9.47 Å². The molecule has 8 heteroatoms. The molecule has 0 N–H and O–H groups in total. The number of carbonyl (C=O) groups excluding carboxylic acids is 4. The van der Waals surface area contributed by atoms with Crippen molar-refractivity contribution in [1.29, 1.82) is 0 Å². The summed E-state index contributed by atoms with van der Waals surface area (Å²) >= 11 is 0. The maximum absolute atomic E-state index is 11.3. The second kappa shape index (κ2) is 10.0. The molecule has 0 saturated carbocycles. The van der Waals surface area contributed by atoms with Crippen LogP contribution < -0.4 is 0 Å². The van der Waals surface area contributed by atoms with Gasteiger partial charge in [-0.25, -0.2) is 24.2 Å². The first kappa shape index (κ1) is 18.2. The summed E-state index contributed by atoms with van der Waals surface area (Å²) in [5.74, 6) is -1.51. The van der Waals surface area contributed by atoms with Crippen LogP contribution in [0.4, 0.5) is 0 Å². The molecule has 0 aliphatic heterocycles. The first-order chi connectivity index (χ1) is 9.96. The van der Waals surface area contributed by atoms with Gasteiger partial charge in [0.25, 0.3) is 0 Å². The molecular formula is C13H14N2O6. The molecule has 0 aliphatic carbocycles. The lowest BCUT2D eigenvalue weighted by Gasteiger charge is -2.20. The Kier molecular flexibility index (Phi) is 8.68. The number of ether oxygens (including phenoxy) is 2. The van der Waals surface area contributed by atoms with Gasteiger partial charge < -0.3 is 9.47 Å². The van der Waals surface area contributed by atoms with Crippen LogP contribution in [0.1, 0.15) is 6.92 Å². The fourth-order valence-electron chi connectivity index (χ4n) is 1.14. The van der Waals surface area contributed by atoms with Crippen LogP contribution in [0, 0.1) is 0 Å². The third-order valence-corrected chi connectivity index (χ3v) is 2.15. The maximum Gasteiger partial charge on any atom is 0.333 e. The number of aliphatic imine (C=N–C) groups is 2. The molecule has 0 aromatic carbocycles. The molecule has 8 nitrogen and oxygen atoms in total. The largest absolute Gasteiger partial charge is 0.460 e. The minimum absolute atomic E-state index is 0.148. The fourth-order valence-corrected chi connectivity index (χ4v) is 1.14. The first-order valence-corrected chi connectivity index (χ1v) is 5.72. The summed E-state index contributed by atoms with van der Waals surface area (Å²) in [7, 11) is 0. The summed E-state index contributed by atoms with van der Waals surface area (Å²) in [5, 5.41) is 0. The highest BCUT2D eigenvalue weighted by molar-refractivity contribution is 5.87. The molecule has 0 rings (SSSR count). The molecule has 0 spiro atoms. The van der Waals surface area contributed by atoms with Gasteiger partial charge in [0, 0.05) is 11.6 Å². The smallest absolute Gasteiger partial charge is 0.333 e. The van der Waals surface area contributed by atoms with E-state index in [1.165, 1.54) is 19.1 Å². The molecule has 0 aromatic heterocycles. The molecule has 21 heavy (non-hydrogen) atoms. The van der Waals surface area contributed by atoms with Crippen molar-refractivity contribution in [3.05, 3.63) is 24.8 Å². The first-order valence-electron chi connectivity index (χ1n) is 5.72. The molecule has 2 atom stereocenters. The standard InChI is InChI=1S/C13H14N2O6/c1-4-12(18)21-11(5-14-7-16)10(15-8-17)6-20-13(19)9(2)3/h4,10-11H,1-2,5-6H2,3H3. The molecule has 112 valence electrons. The third-order valence-electron chi connectivity index (χ3n) is 2.15. The van der Waals surface area contributed by atoms with E-state index >= 15 is 0 Å². The van der Waals surface area contributed by atoms with Crippen LogP contribution in [-0.2, 0) is 28.7 Å². The Morgan fingerprint density at radius 2 is 2.00 bits per heavy atom. The summed E-state index contributed by atoms with van der Waals surface area (Å²) in [5.41, 5.74) is 0.148. The highest BCUT2D eigenvalue weighted by atomic mass is 16.6. The van der Waals surface area contributed by atoms with Crippen molar-refractivity contribution in [2.75, 3.05) is 13.2 Å². The predicted molar refractivity (Wildman–Crippen MR) is 70.7 cm³/mol. The Hall–Kier alpha value is -2.82. The SMILES string of the molecule is C=CC(=O)OC(CN=C=O)C(COC(=O)C(=C)C)N=C=O. The fraction of sp³-hybridized carbons (Fsp3) is 0.385. The molecule has 0 amide bonds. The van der Waals surface area contributed by atoms with Crippen molar-refractivity contribution in [2.45, 2.75) is 19.1 Å². The molecule has 0 bridgehead atoms. The Labute approximate surface area is 120 Å². The van der Waals surface area contributed by atoms with Gasteiger partial charge in [-0.2, -0.15) is 4.99 Å². The molecule has 0 aliphatic rings. The molecule has 0 fully saturated rings. The Morgan fingerprint density at radius 3 is 2.48 bits per heavy atom. The number of rotatable bonds is 9. The Morgan fingerprint density at radius 1 is 1.33 bits per heavy atom. The van der Waals surface area contributed by atoms with Crippen LogP contribution in [0.5, 0.6) is 0 Å². The molecule has 0 heterocycles. The lowest BCUT2D eigenvalue weighted by Crippen LogP contribution is -2.36. The molecule has 0 radical (unpaired) electrons. The van der Waals surface area contributed by atoms with Gasteiger partial charge in [0.1, 0.15) is 18.8 Å². The van der Waals surface area contributed by atoms with Gasteiger partial charge >= 0.3 is 11.9 Å². The van der Waals surface area contributed by atoms with Crippen LogP contribution >= 0.6 is 0 Å². The topological polar surface area (TPSA) is 111 Å². The van der Waals surface area contributed by atoms with Gasteiger partial charge in [-0.15, -0.1) is 0 Å². The van der Waals surface area contributed by atoms with Gasteiger partial charge in [-0.05, 0) is 6.92 Å². The van der Waals surface area contributed by atoms with Crippen LogP contribution in [0.3, 0.4) is 0 Å². The average molecular weight is 294 g/mol. The van der Waals surface area contributed by atoms with Crippen LogP contribution in [0.25, 0.3) is 0 Å². The molecule has 2 unspecified atom stereocenters. The molecule has 0 aromatic rings. The third kappa shape index (κ3) is 7.37. The maximum atomic E-state index is 11.3. The zero-order valence-electron chi connectivity index (χ0n) is 11.4. The van der Waals surface area contributed by atoms with E-state index in [9.17, 15) is 19.2 Å². The quantitative estimate of drug-likeness (QED) is 0.261. The van der Waals surface area contributed by atoms with E-state index in [0.29, 0.717) is 0 Å². The van der Waals surface area contributed by atoms with E-state index in [0.717, 1.165) is 6.08 Å². The second-order valence-electron chi connectivity index (χ2n) is 3.78. The minimum atomic E-state index is -1.10. The predicted octanol–water partition coefficient (Wildman–Crippen LogP) is 0.244. The minimum Gasteiger partial charge on any atom is -0.460 e. The van der Waals surface area contributed by atoms with Crippen molar-refractivity contribution in [3.8, 4) is 0 Å². The van der Waals surface area contributed by atoms with Crippen molar-refractivity contribution < 1.29 is 28.7 Å². The Bertz CT molecular complexity index is 515. The van der Waals surface area contributed by atoms with Gasteiger partial charge in [-0.3, -0.25) is 0 Å². The Balaban J connectivity index is 5.01. The van der Waals surface area contributed by atoms with Gasteiger partial charge in [0.15, 0.2) is 0 Å². The van der Waals surface area contributed by atoms with E-state index < -0.39 is 24.1 Å². The van der Waals surface area contributed by atoms with Crippen molar-refractivity contribution >= 4 is 24.1 Å². The van der Waals surface area contributed by atoms with Crippen molar-refractivity contribution in [1.82, 2.24) is 0 Å².